The van der Waals surface area contributed by atoms with Gasteiger partial charge in [-0.1, -0.05) is 53.4 Å². The molecule has 0 spiro atoms. The van der Waals surface area contributed by atoms with Crippen molar-refractivity contribution in [3.63, 3.8) is 0 Å². The van der Waals surface area contributed by atoms with Crippen LogP contribution < -0.4 is 11.1 Å². The highest BCUT2D eigenvalue weighted by atomic mass is 16.2. The van der Waals surface area contributed by atoms with E-state index in [1.54, 1.807) is 0 Å². The van der Waals surface area contributed by atoms with Crippen LogP contribution in [0.3, 0.4) is 0 Å². The minimum atomic E-state index is -0.669. The third-order valence-corrected chi connectivity index (χ3v) is 3.71. The van der Waals surface area contributed by atoms with Gasteiger partial charge in [-0.05, 0) is 25.2 Å². The highest BCUT2D eigenvalue weighted by molar-refractivity contribution is 5.85. The van der Waals surface area contributed by atoms with Crippen LogP contribution in [0.1, 0.15) is 72.6 Å². The van der Waals surface area contributed by atoms with Gasteiger partial charge in [0.1, 0.15) is 0 Å². The molecule has 3 heteroatoms. The van der Waals surface area contributed by atoms with Gasteiger partial charge in [-0.3, -0.25) is 4.79 Å². The molecule has 0 aromatic carbocycles. The van der Waals surface area contributed by atoms with Crippen molar-refractivity contribution in [2.24, 2.45) is 11.7 Å². The van der Waals surface area contributed by atoms with Crippen LogP contribution in [0, 0.1) is 5.92 Å². The van der Waals surface area contributed by atoms with Crippen LogP contribution in [0.15, 0.2) is 0 Å². The number of carbonyl (C=O) groups excluding carboxylic acids is 1. The highest BCUT2D eigenvalue weighted by Crippen LogP contribution is 2.11. The molecule has 0 heterocycles. The SMILES string of the molecule is CCC(N)(CC)C(=O)NCCCCCCC(C)C. The number of hydrogen-bond acceptors (Lipinski definition) is 2. The van der Waals surface area contributed by atoms with Crippen molar-refractivity contribution in [1.82, 2.24) is 5.32 Å². The first-order valence-corrected chi connectivity index (χ1v) is 7.53. The summed E-state index contributed by atoms with van der Waals surface area (Å²) in [6, 6.07) is 0. The lowest BCUT2D eigenvalue weighted by Crippen LogP contribution is -2.53. The summed E-state index contributed by atoms with van der Waals surface area (Å²) in [6.45, 7) is 9.22. The second-order valence-electron chi connectivity index (χ2n) is 5.72. The maximum Gasteiger partial charge on any atom is 0.240 e. The molecule has 0 aromatic heterocycles. The fourth-order valence-electron chi connectivity index (χ4n) is 1.98. The molecule has 18 heavy (non-hydrogen) atoms. The van der Waals surface area contributed by atoms with Crippen LogP contribution in [0.5, 0.6) is 0 Å². The van der Waals surface area contributed by atoms with E-state index in [4.69, 9.17) is 5.73 Å². The molecule has 0 saturated heterocycles. The van der Waals surface area contributed by atoms with Crippen molar-refractivity contribution in [3.8, 4) is 0 Å². The van der Waals surface area contributed by atoms with E-state index in [9.17, 15) is 4.79 Å². The van der Waals surface area contributed by atoms with E-state index in [0.717, 1.165) is 18.9 Å². The maximum atomic E-state index is 11.9. The molecular formula is C15H32N2O. The van der Waals surface area contributed by atoms with E-state index in [-0.39, 0.29) is 5.91 Å². The number of hydrogen-bond donors (Lipinski definition) is 2. The van der Waals surface area contributed by atoms with Gasteiger partial charge < -0.3 is 11.1 Å². The number of rotatable bonds is 10. The molecule has 108 valence electrons. The lowest BCUT2D eigenvalue weighted by molar-refractivity contribution is -0.126. The minimum Gasteiger partial charge on any atom is -0.355 e. The Labute approximate surface area is 113 Å². The highest BCUT2D eigenvalue weighted by Gasteiger charge is 2.29. The lowest BCUT2D eigenvalue weighted by Gasteiger charge is -2.25. The van der Waals surface area contributed by atoms with Gasteiger partial charge in [-0.2, -0.15) is 0 Å². The molecule has 0 fully saturated rings. The Morgan fingerprint density at radius 1 is 1.11 bits per heavy atom. The van der Waals surface area contributed by atoms with Crippen LogP contribution in [0.4, 0.5) is 0 Å². The Hall–Kier alpha value is -0.570. The second-order valence-corrected chi connectivity index (χ2v) is 5.72. The average molecular weight is 256 g/mol. The quantitative estimate of drug-likeness (QED) is 0.590. The Balaban J connectivity index is 3.57. The number of carbonyl (C=O) groups is 1. The minimum absolute atomic E-state index is 0.00896. The summed E-state index contributed by atoms with van der Waals surface area (Å²) in [7, 11) is 0. The van der Waals surface area contributed by atoms with Crippen molar-refractivity contribution in [1.29, 1.82) is 0 Å². The topological polar surface area (TPSA) is 55.1 Å². The molecule has 0 unspecified atom stereocenters. The standard InChI is InChI=1S/C15H32N2O/c1-5-15(16,6-2)14(18)17-12-10-8-7-9-11-13(3)4/h13H,5-12,16H2,1-4H3,(H,17,18). The third kappa shape index (κ3) is 7.00. The number of amides is 1. The fraction of sp³-hybridized carbons (Fsp3) is 0.933. The molecule has 0 aromatic rings. The fourth-order valence-corrected chi connectivity index (χ4v) is 1.98. The summed E-state index contributed by atoms with van der Waals surface area (Å²) < 4.78 is 0. The van der Waals surface area contributed by atoms with E-state index in [1.165, 1.54) is 25.7 Å². The smallest absolute Gasteiger partial charge is 0.240 e. The molecule has 0 bridgehead atoms. The third-order valence-electron chi connectivity index (χ3n) is 3.71. The molecule has 0 radical (unpaired) electrons. The molecule has 3 N–H and O–H groups in total. The van der Waals surface area contributed by atoms with Crippen LogP contribution in [0.2, 0.25) is 0 Å². The van der Waals surface area contributed by atoms with Crippen LogP contribution >= 0.6 is 0 Å². The normalized spacial score (nSPS) is 11.9. The first-order valence-electron chi connectivity index (χ1n) is 7.53. The Morgan fingerprint density at radius 3 is 2.17 bits per heavy atom. The molecule has 0 saturated carbocycles. The van der Waals surface area contributed by atoms with E-state index in [0.29, 0.717) is 12.8 Å². The zero-order valence-corrected chi connectivity index (χ0v) is 12.7. The van der Waals surface area contributed by atoms with E-state index < -0.39 is 5.54 Å². The number of nitrogens with two attached hydrogens (primary N) is 1. The van der Waals surface area contributed by atoms with Gasteiger partial charge in [0.15, 0.2) is 0 Å². The van der Waals surface area contributed by atoms with Gasteiger partial charge >= 0.3 is 0 Å². The van der Waals surface area contributed by atoms with E-state index in [2.05, 4.69) is 19.2 Å². The summed E-state index contributed by atoms with van der Waals surface area (Å²) in [5, 5.41) is 2.96. The number of unbranched alkanes of at least 4 members (excludes halogenated alkanes) is 3. The maximum absolute atomic E-state index is 11.9. The molecule has 3 nitrogen and oxygen atoms in total. The van der Waals surface area contributed by atoms with Crippen molar-refractivity contribution < 1.29 is 4.79 Å². The Kier molecular flexibility index (Phi) is 9.08. The average Bonchev–Trinajstić information content (AvgIpc) is 2.35. The van der Waals surface area contributed by atoms with Gasteiger partial charge in [-0.15, -0.1) is 0 Å². The summed E-state index contributed by atoms with van der Waals surface area (Å²) in [5.41, 5.74) is 5.35. The lowest BCUT2D eigenvalue weighted by atomic mass is 9.93. The first kappa shape index (κ1) is 17.4. The molecule has 0 aliphatic heterocycles. The predicted molar refractivity (Wildman–Crippen MR) is 78.4 cm³/mol. The molecule has 1 amide bonds. The van der Waals surface area contributed by atoms with Crippen LogP contribution in [0.25, 0.3) is 0 Å². The zero-order valence-electron chi connectivity index (χ0n) is 12.7. The van der Waals surface area contributed by atoms with Crippen molar-refractivity contribution in [2.75, 3.05) is 6.54 Å². The second kappa shape index (κ2) is 9.37. The predicted octanol–water partition coefficient (Wildman–Crippen LogP) is 3.23. The van der Waals surface area contributed by atoms with E-state index in [1.807, 2.05) is 13.8 Å². The largest absolute Gasteiger partial charge is 0.355 e. The Bertz CT molecular complexity index is 223. The summed E-state index contributed by atoms with van der Waals surface area (Å²) >= 11 is 0. The number of nitrogens with one attached hydrogen (secondary N) is 1. The van der Waals surface area contributed by atoms with Crippen LogP contribution in [-0.2, 0) is 4.79 Å². The van der Waals surface area contributed by atoms with Gasteiger partial charge in [0, 0.05) is 6.54 Å². The van der Waals surface area contributed by atoms with Crippen molar-refractivity contribution in [3.05, 3.63) is 0 Å². The monoisotopic (exact) mass is 256 g/mol. The van der Waals surface area contributed by atoms with E-state index >= 15 is 0 Å². The van der Waals surface area contributed by atoms with Crippen molar-refractivity contribution in [2.45, 2.75) is 78.2 Å². The molecule has 0 atom stereocenters. The molecule has 0 aliphatic carbocycles. The summed E-state index contributed by atoms with van der Waals surface area (Å²) in [6.07, 6.45) is 7.54. The van der Waals surface area contributed by atoms with Gasteiger partial charge in [-0.25, -0.2) is 0 Å². The summed E-state index contributed by atoms with van der Waals surface area (Å²) in [4.78, 5) is 11.9. The summed E-state index contributed by atoms with van der Waals surface area (Å²) in [5.74, 6) is 0.811. The van der Waals surface area contributed by atoms with Crippen molar-refractivity contribution >= 4 is 5.91 Å². The first-order chi connectivity index (χ1) is 8.46. The van der Waals surface area contributed by atoms with Crippen LogP contribution in [-0.4, -0.2) is 18.0 Å². The molecular weight excluding hydrogens is 224 g/mol. The van der Waals surface area contributed by atoms with Gasteiger partial charge in [0.2, 0.25) is 5.91 Å². The van der Waals surface area contributed by atoms with Gasteiger partial charge in [0.25, 0.3) is 0 Å². The van der Waals surface area contributed by atoms with Gasteiger partial charge in [0.05, 0.1) is 5.54 Å². The molecule has 0 rings (SSSR count). The Morgan fingerprint density at radius 2 is 1.67 bits per heavy atom. The molecule has 0 aliphatic rings. The zero-order chi connectivity index (χ0) is 14.0.